The van der Waals surface area contributed by atoms with Crippen LogP contribution in [-0.2, 0) is 13.1 Å². The molecule has 1 aromatic rings. The van der Waals surface area contributed by atoms with Crippen LogP contribution in [0.15, 0.2) is 18.3 Å². The fraction of sp³-hybridized carbons (Fsp3) is 0.375. The van der Waals surface area contributed by atoms with Crippen molar-refractivity contribution in [3.63, 3.8) is 0 Å². The summed E-state index contributed by atoms with van der Waals surface area (Å²) in [5.41, 5.74) is 7.63. The number of hydrogen-bond donors (Lipinski definition) is 2. The Kier molecular flexibility index (Phi) is 3.01. The average Bonchev–Trinajstić information content (AvgIpc) is 2.06. The van der Waals surface area contributed by atoms with Gasteiger partial charge in [0.15, 0.2) is 0 Å². The highest BCUT2D eigenvalue weighted by molar-refractivity contribution is 5.15. The Labute approximate surface area is 66.6 Å². The smallest absolute Gasteiger partial charge is 0.0544 e. The van der Waals surface area contributed by atoms with Crippen LogP contribution in [0.2, 0.25) is 0 Å². The highest BCUT2D eigenvalue weighted by Crippen LogP contribution is 1.99. The minimum absolute atomic E-state index is 0.583. The number of nitrogens with one attached hydrogen (secondary N) is 1. The van der Waals surface area contributed by atoms with E-state index in [0.717, 1.165) is 17.8 Å². The third kappa shape index (κ3) is 2.29. The van der Waals surface area contributed by atoms with Crippen LogP contribution in [0.3, 0.4) is 0 Å². The van der Waals surface area contributed by atoms with Crippen molar-refractivity contribution in [3.8, 4) is 0 Å². The quantitative estimate of drug-likeness (QED) is 0.651. The van der Waals surface area contributed by atoms with Crippen molar-refractivity contribution < 1.29 is 0 Å². The van der Waals surface area contributed by atoms with E-state index in [0.29, 0.717) is 6.54 Å². The highest BCUT2D eigenvalue weighted by atomic mass is 14.8. The third-order valence-corrected chi connectivity index (χ3v) is 1.47. The molecule has 0 bridgehead atoms. The summed E-state index contributed by atoms with van der Waals surface area (Å²) in [5.74, 6) is 0. The molecule has 0 aromatic carbocycles. The van der Waals surface area contributed by atoms with Crippen LogP contribution in [0.5, 0.6) is 0 Å². The summed E-state index contributed by atoms with van der Waals surface area (Å²) < 4.78 is 0. The highest BCUT2D eigenvalue weighted by Gasteiger charge is 1.92. The normalized spacial score (nSPS) is 10.0. The van der Waals surface area contributed by atoms with E-state index in [4.69, 9.17) is 5.73 Å². The molecule has 3 nitrogen and oxygen atoms in total. The van der Waals surface area contributed by atoms with Crippen molar-refractivity contribution >= 4 is 0 Å². The second-order valence-corrected chi connectivity index (χ2v) is 2.39. The zero-order valence-electron chi connectivity index (χ0n) is 6.67. The number of aromatic nitrogens is 1. The van der Waals surface area contributed by atoms with Crippen molar-refractivity contribution in [1.82, 2.24) is 10.3 Å². The Hall–Kier alpha value is -0.930. The van der Waals surface area contributed by atoms with Crippen LogP contribution >= 0.6 is 0 Å². The number of nitrogens with zero attached hydrogens (tertiary/aromatic N) is 1. The van der Waals surface area contributed by atoms with E-state index in [1.165, 1.54) is 0 Å². The monoisotopic (exact) mass is 151 g/mol. The first-order chi connectivity index (χ1) is 5.36. The van der Waals surface area contributed by atoms with Crippen LogP contribution < -0.4 is 11.1 Å². The van der Waals surface area contributed by atoms with Gasteiger partial charge >= 0.3 is 0 Å². The summed E-state index contributed by atoms with van der Waals surface area (Å²) in [5, 5.41) is 3.03. The molecule has 11 heavy (non-hydrogen) atoms. The molecule has 0 aliphatic carbocycles. The van der Waals surface area contributed by atoms with E-state index in [1.807, 2.05) is 19.2 Å². The lowest BCUT2D eigenvalue weighted by Crippen LogP contribution is -2.07. The summed E-state index contributed by atoms with van der Waals surface area (Å²) in [6.07, 6.45) is 1.79. The zero-order chi connectivity index (χ0) is 8.10. The number of hydrogen-bond acceptors (Lipinski definition) is 3. The summed E-state index contributed by atoms with van der Waals surface area (Å²) in [7, 11) is 1.90. The minimum Gasteiger partial charge on any atom is -0.326 e. The van der Waals surface area contributed by atoms with Crippen LogP contribution in [0.25, 0.3) is 0 Å². The molecule has 3 heteroatoms. The topological polar surface area (TPSA) is 50.9 Å². The average molecular weight is 151 g/mol. The van der Waals surface area contributed by atoms with Gasteiger partial charge in [-0.3, -0.25) is 4.98 Å². The van der Waals surface area contributed by atoms with Crippen molar-refractivity contribution in [2.24, 2.45) is 5.73 Å². The van der Waals surface area contributed by atoms with Gasteiger partial charge in [0.25, 0.3) is 0 Å². The molecule has 0 radical (unpaired) electrons. The van der Waals surface area contributed by atoms with E-state index in [2.05, 4.69) is 10.3 Å². The Balaban J connectivity index is 2.74. The number of pyridine rings is 1. The first kappa shape index (κ1) is 8.17. The van der Waals surface area contributed by atoms with Gasteiger partial charge in [-0.2, -0.15) is 0 Å². The predicted octanol–water partition coefficient (Wildman–Crippen LogP) is 0.260. The van der Waals surface area contributed by atoms with Gasteiger partial charge in [0.2, 0.25) is 0 Å². The molecule has 3 N–H and O–H groups in total. The maximum atomic E-state index is 5.47. The number of nitrogens with two attached hydrogens (primary N) is 1. The van der Waals surface area contributed by atoms with E-state index in [9.17, 15) is 0 Å². The molecule has 1 aromatic heterocycles. The first-order valence-corrected chi connectivity index (χ1v) is 3.65. The van der Waals surface area contributed by atoms with Gasteiger partial charge in [-0.15, -0.1) is 0 Å². The van der Waals surface area contributed by atoms with E-state index < -0.39 is 0 Å². The van der Waals surface area contributed by atoms with Crippen molar-refractivity contribution in [2.45, 2.75) is 13.1 Å². The lowest BCUT2D eigenvalue weighted by atomic mass is 10.2. The Morgan fingerprint density at radius 3 is 3.09 bits per heavy atom. The van der Waals surface area contributed by atoms with Crippen molar-refractivity contribution in [2.75, 3.05) is 7.05 Å². The van der Waals surface area contributed by atoms with Crippen LogP contribution in [0, 0.1) is 0 Å². The number of rotatable bonds is 3. The van der Waals surface area contributed by atoms with Gasteiger partial charge in [-0.1, -0.05) is 0 Å². The van der Waals surface area contributed by atoms with Gasteiger partial charge < -0.3 is 11.1 Å². The van der Waals surface area contributed by atoms with Gasteiger partial charge in [-0.05, 0) is 24.7 Å². The fourth-order valence-electron chi connectivity index (χ4n) is 0.933. The third-order valence-electron chi connectivity index (χ3n) is 1.47. The summed E-state index contributed by atoms with van der Waals surface area (Å²) in [6.45, 7) is 1.38. The van der Waals surface area contributed by atoms with Crippen molar-refractivity contribution in [3.05, 3.63) is 29.6 Å². The Bertz CT molecular complexity index is 222. The first-order valence-electron chi connectivity index (χ1n) is 3.65. The molecule has 0 saturated carbocycles. The van der Waals surface area contributed by atoms with Crippen LogP contribution in [-0.4, -0.2) is 12.0 Å². The van der Waals surface area contributed by atoms with Gasteiger partial charge in [0.05, 0.1) is 5.69 Å². The lowest BCUT2D eigenvalue weighted by molar-refractivity contribution is 0.788. The standard InChI is InChI=1S/C8H13N3/c1-10-6-8-4-7(5-9)2-3-11-8/h2-4,10H,5-6,9H2,1H3. The summed E-state index contributed by atoms with van der Waals surface area (Å²) in [4.78, 5) is 4.16. The molecular weight excluding hydrogens is 138 g/mol. The largest absolute Gasteiger partial charge is 0.326 e. The molecule has 60 valence electrons. The molecule has 1 rings (SSSR count). The second kappa shape index (κ2) is 4.05. The van der Waals surface area contributed by atoms with Gasteiger partial charge in [0, 0.05) is 19.3 Å². The zero-order valence-corrected chi connectivity index (χ0v) is 6.67. The van der Waals surface area contributed by atoms with Crippen molar-refractivity contribution in [1.29, 1.82) is 0 Å². The van der Waals surface area contributed by atoms with E-state index in [1.54, 1.807) is 6.20 Å². The summed E-state index contributed by atoms with van der Waals surface area (Å²) >= 11 is 0. The molecule has 0 spiro atoms. The Morgan fingerprint density at radius 1 is 1.64 bits per heavy atom. The fourth-order valence-corrected chi connectivity index (χ4v) is 0.933. The van der Waals surface area contributed by atoms with Gasteiger partial charge in [0.1, 0.15) is 0 Å². The minimum atomic E-state index is 0.583. The maximum Gasteiger partial charge on any atom is 0.0544 e. The SMILES string of the molecule is CNCc1cc(CN)ccn1. The molecule has 0 fully saturated rings. The molecule has 0 amide bonds. The lowest BCUT2D eigenvalue weighted by Gasteiger charge is -2.00. The summed E-state index contributed by atoms with van der Waals surface area (Å²) in [6, 6.07) is 3.94. The molecule has 0 saturated heterocycles. The Morgan fingerprint density at radius 2 is 2.45 bits per heavy atom. The molecular formula is C8H13N3. The van der Waals surface area contributed by atoms with E-state index >= 15 is 0 Å². The van der Waals surface area contributed by atoms with Gasteiger partial charge in [-0.25, -0.2) is 0 Å². The molecule has 0 aliphatic heterocycles. The second-order valence-electron chi connectivity index (χ2n) is 2.39. The molecule has 0 atom stereocenters. The molecule has 0 unspecified atom stereocenters. The van der Waals surface area contributed by atoms with E-state index in [-0.39, 0.29) is 0 Å². The predicted molar refractivity (Wildman–Crippen MR) is 44.9 cm³/mol. The molecule has 1 heterocycles. The molecule has 0 aliphatic rings. The van der Waals surface area contributed by atoms with Crippen LogP contribution in [0.1, 0.15) is 11.3 Å². The van der Waals surface area contributed by atoms with Crippen LogP contribution in [0.4, 0.5) is 0 Å². The maximum absolute atomic E-state index is 5.47.